The molecule has 0 radical (unpaired) electrons. The fourth-order valence-electron chi connectivity index (χ4n) is 10.4. The Morgan fingerprint density at radius 2 is 1.57 bits per heavy atom. The predicted octanol–water partition coefficient (Wildman–Crippen LogP) is 7.30. The Kier molecular flexibility index (Phi) is 9.25. The van der Waals surface area contributed by atoms with Crippen molar-refractivity contribution < 1.29 is 44.7 Å². The Balaban J connectivity index is 1.19. The highest BCUT2D eigenvalue weighted by molar-refractivity contribution is 6.24. The number of ketones is 4. The van der Waals surface area contributed by atoms with Crippen LogP contribution in [0.25, 0.3) is 17.4 Å². The molecular weight excluding hydrogens is 709 g/mol. The monoisotopic (exact) mass is 758 g/mol. The first-order valence-electron chi connectivity index (χ1n) is 19.4. The molecule has 9 heteroatoms. The minimum Gasteiger partial charge on any atom is -0.508 e. The summed E-state index contributed by atoms with van der Waals surface area (Å²) < 4.78 is 0. The summed E-state index contributed by atoms with van der Waals surface area (Å²) in [6.07, 6.45) is 1.24. The second kappa shape index (κ2) is 13.2. The number of Topliss-reactive ketones (excluding diaryl/α,β-unsaturated/α-hetero) is 4. The average molecular weight is 759 g/mol. The Bertz CT molecular complexity index is 2340. The van der Waals surface area contributed by atoms with Gasteiger partial charge in [0.25, 0.3) is 0 Å². The number of allylic oxidation sites excluding steroid dienone is 2. The van der Waals surface area contributed by atoms with Crippen molar-refractivity contribution in [1.29, 1.82) is 0 Å². The number of aliphatic hydroxyl groups excluding tert-OH is 3. The van der Waals surface area contributed by atoms with E-state index < -0.39 is 86.1 Å². The summed E-state index contributed by atoms with van der Waals surface area (Å²) in [6, 6.07) is 17.7. The highest BCUT2D eigenvalue weighted by Crippen LogP contribution is 2.67. The van der Waals surface area contributed by atoms with Crippen LogP contribution in [-0.4, -0.2) is 60.4 Å². The molecule has 7 rings (SSSR count). The Morgan fingerprint density at radius 3 is 2.18 bits per heavy atom. The highest BCUT2D eigenvalue weighted by atomic mass is 16.4. The number of rotatable bonds is 8. The maximum absolute atomic E-state index is 14.7. The van der Waals surface area contributed by atoms with Crippen molar-refractivity contribution in [2.45, 2.75) is 98.2 Å². The zero-order valence-electron chi connectivity index (χ0n) is 33.2. The number of hydrogen-bond donors (Lipinski definition) is 5. The SMILES string of the molecule is CC(=O)C1=C(O)[C@]2(O)C(=O)C3=C(O)c4c(ccc(CC(=O)Cc5ccc(C6=Cc7ccc(C(C)C)cc7C6)cc5)c4O)[C@@H](C)[C@]3(C)[C@@H](O)[C@]2(C)C(C(C)C)C1=O. The molecular formula is C47H50O9. The number of hydrogen-bond acceptors (Lipinski definition) is 9. The molecule has 0 bridgehead atoms. The molecule has 3 aromatic carbocycles. The minimum absolute atomic E-state index is 0.0888. The minimum atomic E-state index is -2.97. The molecule has 1 unspecified atom stereocenters. The van der Waals surface area contributed by atoms with Gasteiger partial charge in [-0.3, -0.25) is 19.2 Å². The van der Waals surface area contributed by atoms with Crippen molar-refractivity contribution in [3.05, 3.63) is 116 Å². The summed E-state index contributed by atoms with van der Waals surface area (Å²) in [4.78, 5) is 54.7. The molecule has 4 aliphatic carbocycles. The quantitative estimate of drug-likeness (QED) is 0.148. The lowest BCUT2D eigenvalue weighted by atomic mass is 9.40. The first kappa shape index (κ1) is 39.1. The van der Waals surface area contributed by atoms with E-state index in [1.807, 2.05) is 24.3 Å². The van der Waals surface area contributed by atoms with Crippen molar-refractivity contribution >= 4 is 40.5 Å². The van der Waals surface area contributed by atoms with Crippen molar-refractivity contribution in [3.8, 4) is 5.75 Å². The first-order valence-corrected chi connectivity index (χ1v) is 19.4. The largest absolute Gasteiger partial charge is 0.508 e. The maximum atomic E-state index is 14.7. The smallest absolute Gasteiger partial charge is 0.203 e. The van der Waals surface area contributed by atoms with E-state index in [9.17, 15) is 44.7 Å². The first-order chi connectivity index (χ1) is 26.2. The summed E-state index contributed by atoms with van der Waals surface area (Å²) in [5, 5.41) is 59.8. The van der Waals surface area contributed by atoms with Gasteiger partial charge in [-0.25, -0.2) is 0 Å². The number of fused-ring (bicyclic) bond motifs is 4. The molecule has 0 amide bonds. The Labute approximate surface area is 327 Å². The molecule has 5 N–H and O–H groups in total. The Morgan fingerprint density at radius 1 is 0.911 bits per heavy atom. The van der Waals surface area contributed by atoms with Gasteiger partial charge in [0.2, 0.25) is 5.78 Å². The Hall–Kier alpha value is -5.12. The van der Waals surface area contributed by atoms with Crippen LogP contribution >= 0.6 is 0 Å². The number of aromatic hydroxyl groups is 1. The molecule has 3 aromatic rings. The molecule has 0 heterocycles. The van der Waals surface area contributed by atoms with E-state index >= 15 is 0 Å². The zero-order chi connectivity index (χ0) is 41.0. The average Bonchev–Trinajstić information content (AvgIpc) is 3.56. The van der Waals surface area contributed by atoms with Crippen LogP contribution in [0.1, 0.15) is 112 Å². The van der Waals surface area contributed by atoms with Crippen molar-refractivity contribution in [3.63, 3.8) is 0 Å². The highest BCUT2D eigenvalue weighted by Gasteiger charge is 2.77. The lowest BCUT2D eigenvalue weighted by Gasteiger charge is -2.63. The molecule has 1 saturated carbocycles. The number of phenols is 1. The topological polar surface area (TPSA) is 169 Å². The van der Waals surface area contributed by atoms with Gasteiger partial charge in [-0.2, -0.15) is 0 Å². The number of benzene rings is 3. The lowest BCUT2D eigenvalue weighted by molar-refractivity contribution is -0.215. The van der Waals surface area contributed by atoms with Crippen molar-refractivity contribution in [2.24, 2.45) is 22.7 Å². The molecule has 9 nitrogen and oxygen atoms in total. The molecule has 292 valence electrons. The summed E-state index contributed by atoms with van der Waals surface area (Å²) >= 11 is 0. The second-order valence-electron chi connectivity index (χ2n) is 17.4. The standard InChI is InChI=1S/C47H50O9/c1-22(2)28-13-14-29-19-31(20-32(29)18-28)27-11-9-26(10-12-27)17-33(49)21-30-15-16-34-24(5)45(7)38(41(52)36(34)39(30)50)43(54)47(56)42(53)35(25(6)48)40(51)37(23(3)4)46(47,8)44(45)55/h9-16,18-19,22-24,37,44,50,52-53,55-56H,17,20-21H2,1-8H3/t24-,37?,44-,45+,46+,47+/m1/s1. The van der Waals surface area contributed by atoms with Crippen molar-refractivity contribution in [2.75, 3.05) is 0 Å². The summed E-state index contributed by atoms with van der Waals surface area (Å²) in [6.45, 7) is 13.4. The van der Waals surface area contributed by atoms with Crippen LogP contribution < -0.4 is 0 Å². The zero-order valence-corrected chi connectivity index (χ0v) is 33.2. The van der Waals surface area contributed by atoms with E-state index in [-0.39, 0.29) is 29.8 Å². The van der Waals surface area contributed by atoms with Crippen LogP contribution in [0.5, 0.6) is 5.75 Å². The van der Waals surface area contributed by atoms with E-state index in [1.54, 1.807) is 39.8 Å². The molecule has 0 saturated heterocycles. The molecule has 0 aliphatic heterocycles. The van der Waals surface area contributed by atoms with Gasteiger partial charge in [-0.15, -0.1) is 0 Å². The van der Waals surface area contributed by atoms with E-state index in [0.29, 0.717) is 11.5 Å². The van der Waals surface area contributed by atoms with Crippen LogP contribution in [0.4, 0.5) is 0 Å². The van der Waals surface area contributed by atoms with Gasteiger partial charge in [0.05, 0.1) is 17.2 Å². The normalized spacial score (nSPS) is 28.3. The fourth-order valence-corrected chi connectivity index (χ4v) is 10.4. The third kappa shape index (κ3) is 5.27. The number of aliphatic hydroxyl groups is 4. The summed E-state index contributed by atoms with van der Waals surface area (Å²) in [5.41, 5.74) is -0.406. The summed E-state index contributed by atoms with van der Waals surface area (Å²) in [5.74, 6) is -7.50. The van der Waals surface area contributed by atoms with E-state index in [2.05, 4.69) is 38.1 Å². The van der Waals surface area contributed by atoms with Gasteiger partial charge in [0.15, 0.2) is 17.2 Å². The van der Waals surface area contributed by atoms with E-state index in [0.717, 1.165) is 24.5 Å². The van der Waals surface area contributed by atoms with Crippen LogP contribution in [0.3, 0.4) is 0 Å². The number of phenolic OH excluding ortho intramolecular Hbond substituents is 1. The molecule has 6 atom stereocenters. The lowest BCUT2D eigenvalue weighted by Crippen LogP contribution is -2.75. The van der Waals surface area contributed by atoms with Gasteiger partial charge >= 0.3 is 0 Å². The fraction of sp³-hybridized carbons (Fsp3) is 0.404. The predicted molar refractivity (Wildman–Crippen MR) is 213 cm³/mol. The van der Waals surface area contributed by atoms with Gasteiger partial charge in [-0.05, 0) is 70.1 Å². The number of carbonyl (C=O) groups excluding carboxylic acids is 4. The third-order valence-corrected chi connectivity index (χ3v) is 13.6. The van der Waals surface area contributed by atoms with Gasteiger partial charge in [0, 0.05) is 35.2 Å². The van der Waals surface area contributed by atoms with Crippen LogP contribution in [0.2, 0.25) is 0 Å². The molecule has 56 heavy (non-hydrogen) atoms. The number of carbonyl (C=O) groups is 4. The summed E-state index contributed by atoms with van der Waals surface area (Å²) in [7, 11) is 0. The van der Waals surface area contributed by atoms with Crippen LogP contribution in [-0.2, 0) is 38.4 Å². The van der Waals surface area contributed by atoms with E-state index in [1.165, 1.54) is 29.2 Å². The second-order valence-corrected chi connectivity index (χ2v) is 17.4. The molecule has 0 spiro atoms. The van der Waals surface area contributed by atoms with Gasteiger partial charge in [0.1, 0.15) is 28.6 Å². The molecule has 0 aromatic heterocycles. The molecule has 1 fully saturated rings. The van der Waals surface area contributed by atoms with Gasteiger partial charge < -0.3 is 25.5 Å². The maximum Gasteiger partial charge on any atom is 0.203 e. The van der Waals surface area contributed by atoms with Crippen molar-refractivity contribution in [1.82, 2.24) is 0 Å². The van der Waals surface area contributed by atoms with Crippen LogP contribution in [0, 0.1) is 22.7 Å². The molecule has 4 aliphatic rings. The van der Waals surface area contributed by atoms with Crippen LogP contribution in [0.15, 0.2) is 71.5 Å². The van der Waals surface area contributed by atoms with Gasteiger partial charge in [-0.1, -0.05) is 109 Å². The third-order valence-electron chi connectivity index (χ3n) is 13.6. The van der Waals surface area contributed by atoms with E-state index in [4.69, 9.17) is 0 Å².